The summed E-state index contributed by atoms with van der Waals surface area (Å²) in [6.07, 6.45) is 2.18. The summed E-state index contributed by atoms with van der Waals surface area (Å²) in [7, 11) is 3.06. The lowest BCUT2D eigenvalue weighted by Gasteiger charge is -2.16. The van der Waals surface area contributed by atoms with E-state index >= 15 is 0 Å². The van der Waals surface area contributed by atoms with Crippen molar-refractivity contribution in [2.24, 2.45) is 0 Å². The fourth-order valence-corrected chi connectivity index (χ4v) is 3.74. The lowest BCUT2D eigenvalue weighted by molar-refractivity contribution is 0.102. The van der Waals surface area contributed by atoms with Crippen molar-refractivity contribution in [3.63, 3.8) is 0 Å². The van der Waals surface area contributed by atoms with E-state index in [1.807, 2.05) is 59.3 Å². The third-order valence-electron chi connectivity index (χ3n) is 5.74. The Bertz CT molecular complexity index is 1290. The first kappa shape index (κ1) is 22.4. The monoisotopic (exact) mass is 471 g/mol. The molecular weight excluding hydrogens is 446 g/mol. The second kappa shape index (κ2) is 9.84. The van der Waals surface area contributed by atoms with Crippen LogP contribution in [0.4, 0.5) is 5.69 Å². The second-order valence-corrected chi connectivity index (χ2v) is 8.19. The average molecular weight is 472 g/mol. The van der Waals surface area contributed by atoms with Crippen LogP contribution >= 0.6 is 0 Å². The average Bonchev–Trinajstić information content (AvgIpc) is 3.64. The van der Waals surface area contributed by atoms with Crippen LogP contribution in [0.1, 0.15) is 34.8 Å². The van der Waals surface area contributed by atoms with Crippen molar-refractivity contribution in [1.82, 2.24) is 20.2 Å². The van der Waals surface area contributed by atoms with Crippen molar-refractivity contribution in [2.75, 3.05) is 19.5 Å². The van der Waals surface area contributed by atoms with Gasteiger partial charge in [0.2, 0.25) is 5.75 Å². The highest BCUT2D eigenvalue weighted by Crippen LogP contribution is 2.39. The molecule has 1 fully saturated rings. The number of rotatable bonds is 9. The van der Waals surface area contributed by atoms with Crippen molar-refractivity contribution >= 4 is 11.6 Å². The first-order chi connectivity index (χ1) is 17.2. The molecule has 35 heavy (non-hydrogen) atoms. The summed E-state index contributed by atoms with van der Waals surface area (Å²) in [5.74, 6) is 1.69. The highest BCUT2D eigenvalue weighted by atomic mass is 16.5. The molecule has 0 bridgehead atoms. The largest absolute Gasteiger partial charge is 0.493 e. The van der Waals surface area contributed by atoms with E-state index in [9.17, 15) is 4.79 Å². The third-order valence-corrected chi connectivity index (χ3v) is 5.74. The highest BCUT2D eigenvalue weighted by Gasteiger charge is 2.28. The minimum atomic E-state index is -0.299. The highest BCUT2D eigenvalue weighted by molar-refractivity contribution is 6.05. The summed E-state index contributed by atoms with van der Waals surface area (Å²) >= 11 is 0. The Morgan fingerprint density at radius 3 is 2.31 bits per heavy atom. The molecule has 0 atom stereocenters. The molecule has 4 aromatic rings. The van der Waals surface area contributed by atoms with Crippen molar-refractivity contribution in [1.29, 1.82) is 0 Å². The minimum absolute atomic E-state index is 0.299. The normalized spacial score (nSPS) is 12.7. The van der Waals surface area contributed by atoms with Gasteiger partial charge in [0.05, 0.1) is 20.3 Å². The Hall–Kier alpha value is -4.40. The van der Waals surface area contributed by atoms with Gasteiger partial charge in [0.15, 0.2) is 17.3 Å². The smallest absolute Gasteiger partial charge is 0.255 e. The molecule has 1 saturated carbocycles. The summed E-state index contributed by atoms with van der Waals surface area (Å²) in [6.45, 7) is 0.343. The molecule has 1 heterocycles. The van der Waals surface area contributed by atoms with Crippen LogP contribution in [0, 0.1) is 0 Å². The van der Waals surface area contributed by atoms with Crippen LogP contribution in [0.25, 0.3) is 11.4 Å². The van der Waals surface area contributed by atoms with Crippen LogP contribution in [0.3, 0.4) is 0 Å². The van der Waals surface area contributed by atoms with Gasteiger partial charge in [-0.3, -0.25) is 4.79 Å². The number of nitrogens with one attached hydrogen (secondary N) is 1. The number of aromatic nitrogens is 4. The van der Waals surface area contributed by atoms with Gasteiger partial charge in [0, 0.05) is 16.8 Å². The van der Waals surface area contributed by atoms with Crippen LogP contribution in [0.2, 0.25) is 0 Å². The number of nitrogens with zero attached hydrogens (tertiary/aromatic N) is 4. The van der Waals surface area contributed by atoms with Crippen molar-refractivity contribution < 1.29 is 19.0 Å². The van der Waals surface area contributed by atoms with Crippen LogP contribution < -0.4 is 19.5 Å². The third kappa shape index (κ3) is 4.93. The first-order valence-corrected chi connectivity index (χ1v) is 11.3. The van der Waals surface area contributed by atoms with Gasteiger partial charge in [-0.2, -0.15) is 0 Å². The number of carbonyl (C=O) groups excluding carboxylic acids is 1. The van der Waals surface area contributed by atoms with E-state index < -0.39 is 0 Å². The van der Waals surface area contributed by atoms with Crippen LogP contribution in [0.15, 0.2) is 66.7 Å². The molecule has 0 saturated heterocycles. The number of hydrogen-bond donors (Lipinski definition) is 1. The number of benzene rings is 3. The summed E-state index contributed by atoms with van der Waals surface area (Å²) in [5, 5.41) is 14.9. The van der Waals surface area contributed by atoms with Gasteiger partial charge in [-0.15, -0.1) is 5.10 Å². The number of methoxy groups -OCH3 is 2. The summed E-state index contributed by atoms with van der Waals surface area (Å²) in [4.78, 5) is 13.0. The maximum Gasteiger partial charge on any atom is 0.255 e. The van der Waals surface area contributed by atoms with E-state index in [1.165, 1.54) is 14.2 Å². The zero-order chi connectivity index (χ0) is 24.2. The lowest BCUT2D eigenvalue weighted by atomic mass is 10.1. The maximum atomic E-state index is 13.0. The van der Waals surface area contributed by atoms with Crippen LogP contribution in [-0.2, 0) is 6.61 Å². The van der Waals surface area contributed by atoms with Gasteiger partial charge < -0.3 is 19.5 Å². The van der Waals surface area contributed by atoms with Gasteiger partial charge in [-0.25, -0.2) is 4.68 Å². The molecule has 3 aromatic carbocycles. The Morgan fingerprint density at radius 2 is 1.69 bits per heavy atom. The molecule has 0 aliphatic heterocycles. The molecule has 9 nitrogen and oxygen atoms in total. The Balaban J connectivity index is 1.32. The molecule has 0 unspecified atom stereocenters. The molecular formula is C26H25N5O4. The predicted molar refractivity (Wildman–Crippen MR) is 130 cm³/mol. The van der Waals surface area contributed by atoms with Crippen molar-refractivity contribution in [3.8, 4) is 28.6 Å². The van der Waals surface area contributed by atoms with E-state index in [2.05, 4.69) is 20.8 Å². The standard InChI is InChI=1S/C26H25N5O4/c1-33-22-14-19(15-23(34-2)24(22)35-16-17-6-4-3-5-7-17)26(32)27-20-10-8-18(9-11-20)25-28-29-30-31(25)21-12-13-21/h3-11,14-15,21H,12-13,16H2,1-2H3,(H,27,32). The fraction of sp³-hybridized carbons (Fsp3) is 0.231. The van der Waals surface area contributed by atoms with Crippen molar-refractivity contribution in [3.05, 3.63) is 77.9 Å². The number of amides is 1. The van der Waals surface area contributed by atoms with E-state index in [0.29, 0.717) is 41.1 Å². The molecule has 9 heteroatoms. The molecule has 5 rings (SSSR count). The molecule has 1 N–H and O–H groups in total. The quantitative estimate of drug-likeness (QED) is 0.383. The number of hydrogen-bond acceptors (Lipinski definition) is 7. The van der Waals surface area contributed by atoms with Crippen LogP contribution in [-0.4, -0.2) is 40.3 Å². The van der Waals surface area contributed by atoms with Gasteiger partial charge in [-0.1, -0.05) is 30.3 Å². The first-order valence-electron chi connectivity index (χ1n) is 11.3. The Kier molecular flexibility index (Phi) is 6.30. The maximum absolute atomic E-state index is 13.0. The number of tetrazole rings is 1. The number of anilines is 1. The van der Waals surface area contributed by atoms with Gasteiger partial charge in [-0.05, 0) is 65.2 Å². The topological polar surface area (TPSA) is 100 Å². The van der Waals surface area contributed by atoms with E-state index in [4.69, 9.17) is 14.2 Å². The molecule has 1 amide bonds. The summed E-state index contributed by atoms with van der Waals surface area (Å²) in [6, 6.07) is 20.9. The second-order valence-electron chi connectivity index (χ2n) is 8.19. The molecule has 1 aromatic heterocycles. The molecule has 178 valence electrons. The van der Waals surface area contributed by atoms with Gasteiger partial charge in [0.1, 0.15) is 6.61 Å². The lowest BCUT2D eigenvalue weighted by Crippen LogP contribution is -2.13. The summed E-state index contributed by atoms with van der Waals surface area (Å²) < 4.78 is 18.8. The van der Waals surface area contributed by atoms with Gasteiger partial charge in [0.25, 0.3) is 5.91 Å². The Labute approximate surface area is 202 Å². The summed E-state index contributed by atoms with van der Waals surface area (Å²) in [5.41, 5.74) is 2.93. The number of carbonyl (C=O) groups is 1. The van der Waals surface area contributed by atoms with E-state index in [0.717, 1.165) is 29.8 Å². The Morgan fingerprint density at radius 1 is 1.00 bits per heavy atom. The fourth-order valence-electron chi connectivity index (χ4n) is 3.74. The minimum Gasteiger partial charge on any atom is -0.493 e. The van der Waals surface area contributed by atoms with Gasteiger partial charge >= 0.3 is 0 Å². The van der Waals surface area contributed by atoms with E-state index in [-0.39, 0.29) is 5.91 Å². The zero-order valence-electron chi connectivity index (χ0n) is 19.5. The van der Waals surface area contributed by atoms with Crippen molar-refractivity contribution in [2.45, 2.75) is 25.5 Å². The molecule has 0 spiro atoms. The number of ether oxygens (including phenoxy) is 3. The SMILES string of the molecule is COc1cc(C(=O)Nc2ccc(-c3nnnn3C3CC3)cc2)cc(OC)c1OCc1ccccc1. The van der Waals surface area contributed by atoms with Crippen LogP contribution in [0.5, 0.6) is 17.2 Å². The zero-order valence-corrected chi connectivity index (χ0v) is 19.5. The van der Waals surface area contributed by atoms with E-state index in [1.54, 1.807) is 12.1 Å². The molecule has 1 aliphatic carbocycles. The molecule has 1 aliphatic rings. The molecule has 0 radical (unpaired) electrons. The predicted octanol–water partition coefficient (Wildman–Crippen LogP) is 4.52.